The quantitative estimate of drug-likeness (QED) is 0.732. The number of hydrogen-bond acceptors (Lipinski definition) is 4. The fourth-order valence-electron chi connectivity index (χ4n) is 4.27. The second-order valence-electron chi connectivity index (χ2n) is 8.58. The van der Waals surface area contributed by atoms with Gasteiger partial charge in [-0.2, -0.15) is 0 Å². The van der Waals surface area contributed by atoms with Gasteiger partial charge in [-0.15, -0.1) is 0 Å². The molecule has 1 unspecified atom stereocenters. The number of aliphatic hydroxyl groups is 2. The van der Waals surface area contributed by atoms with E-state index in [9.17, 15) is 10.2 Å². The summed E-state index contributed by atoms with van der Waals surface area (Å²) in [6, 6.07) is 20.8. The molecule has 0 amide bonds. The fraction of sp³-hybridized carbons (Fsp3) is 0.478. The van der Waals surface area contributed by atoms with Gasteiger partial charge in [0.15, 0.2) is 0 Å². The molecule has 2 aromatic carbocycles. The van der Waals surface area contributed by atoms with Crippen LogP contribution in [-0.2, 0) is 9.16 Å². The van der Waals surface area contributed by atoms with Crippen LogP contribution < -0.4 is 10.4 Å². The first-order valence-corrected chi connectivity index (χ1v) is 12.0. The molecule has 4 atom stereocenters. The van der Waals surface area contributed by atoms with Crippen LogP contribution in [0, 0.1) is 0 Å². The molecule has 1 saturated heterocycles. The van der Waals surface area contributed by atoms with Crippen molar-refractivity contribution in [3.05, 3.63) is 60.7 Å². The zero-order chi connectivity index (χ0) is 20.4. The maximum atomic E-state index is 10.5. The Morgan fingerprint density at radius 3 is 1.71 bits per heavy atom. The number of hydrogen-bond donors (Lipinski definition) is 2. The normalized spacial score (nSPS) is 25.8. The number of aliphatic hydroxyl groups excluding tert-OH is 2. The van der Waals surface area contributed by atoms with E-state index in [0.29, 0.717) is 6.42 Å². The molecule has 1 heterocycles. The Kier molecular flexibility index (Phi) is 6.42. The smallest absolute Gasteiger partial charge is 0.261 e. The van der Waals surface area contributed by atoms with E-state index in [2.05, 4.69) is 45.0 Å². The van der Waals surface area contributed by atoms with Crippen LogP contribution in [0.1, 0.15) is 34.1 Å². The van der Waals surface area contributed by atoms with Crippen molar-refractivity contribution in [1.29, 1.82) is 0 Å². The molecule has 1 fully saturated rings. The summed E-state index contributed by atoms with van der Waals surface area (Å²) in [4.78, 5) is 0. The Balaban J connectivity index is 2.00. The molecule has 0 spiro atoms. The van der Waals surface area contributed by atoms with E-state index in [0.717, 1.165) is 0 Å². The van der Waals surface area contributed by atoms with E-state index in [-0.39, 0.29) is 17.7 Å². The second-order valence-corrected chi connectivity index (χ2v) is 12.9. The lowest BCUT2D eigenvalue weighted by molar-refractivity contribution is -0.0188. The average molecular weight is 401 g/mol. The highest BCUT2D eigenvalue weighted by molar-refractivity contribution is 6.99. The summed E-state index contributed by atoms with van der Waals surface area (Å²) in [5, 5.41) is 22.9. The van der Waals surface area contributed by atoms with Crippen molar-refractivity contribution in [1.82, 2.24) is 0 Å². The standard InChI is InChI=1S/C23H32O4Si/c1-5-19-21(24)22(25)20(27-19)16-26-28(23(2,3)4,17-12-8-6-9-13-17)18-14-10-7-11-15-18/h6-15,19-22,24-25H,5,16H2,1-4H3/t19-,20+,21+,22?/m0/s1. The SMILES string of the molecule is CC[C@@H]1O[C@H](CO[Si](c2ccccc2)(c2ccccc2)C(C)(C)C)C(O)[C@@H]1O. The predicted octanol–water partition coefficient (Wildman–Crippen LogP) is 2.46. The van der Waals surface area contributed by atoms with Gasteiger partial charge >= 0.3 is 0 Å². The average Bonchev–Trinajstić information content (AvgIpc) is 2.97. The van der Waals surface area contributed by atoms with Gasteiger partial charge in [0.1, 0.15) is 18.3 Å². The summed E-state index contributed by atoms with van der Waals surface area (Å²) in [6.45, 7) is 8.85. The molecule has 0 bridgehead atoms. The molecule has 0 radical (unpaired) electrons. The fourth-order valence-corrected chi connectivity index (χ4v) is 8.84. The first kappa shape index (κ1) is 21.2. The lowest BCUT2D eigenvalue weighted by Crippen LogP contribution is -2.67. The van der Waals surface area contributed by atoms with Crippen molar-refractivity contribution in [2.45, 2.75) is 63.6 Å². The molecule has 152 valence electrons. The number of ether oxygens (including phenoxy) is 1. The lowest BCUT2D eigenvalue weighted by atomic mass is 10.1. The monoisotopic (exact) mass is 400 g/mol. The summed E-state index contributed by atoms with van der Waals surface area (Å²) in [6.07, 6.45) is -2.00. The molecule has 5 heteroatoms. The van der Waals surface area contributed by atoms with Crippen LogP contribution in [0.2, 0.25) is 5.04 Å². The van der Waals surface area contributed by atoms with Crippen LogP contribution in [0.3, 0.4) is 0 Å². The molecule has 0 aliphatic carbocycles. The van der Waals surface area contributed by atoms with Crippen LogP contribution in [0.5, 0.6) is 0 Å². The van der Waals surface area contributed by atoms with Crippen molar-refractivity contribution in [3.8, 4) is 0 Å². The zero-order valence-corrected chi connectivity index (χ0v) is 18.2. The summed E-state index contributed by atoms with van der Waals surface area (Å²) in [5.41, 5.74) is 0. The minimum Gasteiger partial charge on any atom is -0.405 e. The van der Waals surface area contributed by atoms with Gasteiger partial charge in [-0.25, -0.2) is 0 Å². The highest BCUT2D eigenvalue weighted by atomic mass is 28.4. The molecule has 1 aliphatic heterocycles. The Morgan fingerprint density at radius 2 is 1.32 bits per heavy atom. The van der Waals surface area contributed by atoms with E-state index < -0.39 is 26.6 Å². The van der Waals surface area contributed by atoms with Crippen LogP contribution in [0.4, 0.5) is 0 Å². The predicted molar refractivity (Wildman–Crippen MR) is 115 cm³/mol. The maximum Gasteiger partial charge on any atom is 0.261 e. The highest BCUT2D eigenvalue weighted by Crippen LogP contribution is 2.37. The van der Waals surface area contributed by atoms with E-state index in [1.165, 1.54) is 10.4 Å². The molecular formula is C23H32O4Si. The van der Waals surface area contributed by atoms with Crippen molar-refractivity contribution >= 4 is 18.7 Å². The minimum atomic E-state index is -2.67. The highest BCUT2D eigenvalue weighted by Gasteiger charge is 2.51. The van der Waals surface area contributed by atoms with Crippen LogP contribution in [0.15, 0.2) is 60.7 Å². The van der Waals surface area contributed by atoms with Crippen molar-refractivity contribution in [2.75, 3.05) is 6.61 Å². The van der Waals surface area contributed by atoms with Crippen LogP contribution in [0.25, 0.3) is 0 Å². The first-order valence-electron chi connectivity index (χ1n) is 10.1. The number of rotatable bonds is 6. The largest absolute Gasteiger partial charge is 0.405 e. The summed E-state index contributed by atoms with van der Waals surface area (Å²) < 4.78 is 12.7. The van der Waals surface area contributed by atoms with Gasteiger partial charge in [0.2, 0.25) is 0 Å². The molecule has 1 aliphatic rings. The summed E-state index contributed by atoms with van der Waals surface area (Å²) in [5.74, 6) is 0. The van der Waals surface area contributed by atoms with Crippen molar-refractivity contribution < 1.29 is 19.4 Å². The van der Waals surface area contributed by atoms with Gasteiger partial charge in [0.05, 0.1) is 12.7 Å². The zero-order valence-electron chi connectivity index (χ0n) is 17.2. The molecule has 3 rings (SSSR count). The Hall–Kier alpha value is -1.50. The minimum absolute atomic E-state index is 0.137. The van der Waals surface area contributed by atoms with Gasteiger partial charge in [-0.1, -0.05) is 88.4 Å². The number of benzene rings is 2. The molecular weight excluding hydrogens is 368 g/mol. The lowest BCUT2D eigenvalue weighted by Gasteiger charge is -2.43. The maximum absolute atomic E-state index is 10.5. The molecule has 2 N–H and O–H groups in total. The van der Waals surface area contributed by atoms with Gasteiger partial charge < -0.3 is 19.4 Å². The van der Waals surface area contributed by atoms with Gasteiger partial charge in [-0.05, 0) is 21.8 Å². The van der Waals surface area contributed by atoms with Gasteiger partial charge in [0.25, 0.3) is 8.32 Å². The Bertz CT molecular complexity index is 705. The topological polar surface area (TPSA) is 58.9 Å². The van der Waals surface area contributed by atoms with Crippen LogP contribution >= 0.6 is 0 Å². The molecule has 0 saturated carbocycles. The Morgan fingerprint density at radius 1 is 0.857 bits per heavy atom. The molecule has 28 heavy (non-hydrogen) atoms. The van der Waals surface area contributed by atoms with Crippen LogP contribution in [-0.4, -0.2) is 49.6 Å². The molecule has 2 aromatic rings. The summed E-state index contributed by atoms with van der Waals surface area (Å²) in [7, 11) is -2.67. The first-order chi connectivity index (χ1) is 13.3. The van der Waals surface area contributed by atoms with E-state index in [1.54, 1.807) is 0 Å². The Labute approximate surface area is 169 Å². The van der Waals surface area contributed by atoms with E-state index in [4.69, 9.17) is 9.16 Å². The molecule has 0 aromatic heterocycles. The van der Waals surface area contributed by atoms with Crippen molar-refractivity contribution in [2.24, 2.45) is 0 Å². The van der Waals surface area contributed by atoms with Gasteiger partial charge in [0, 0.05) is 0 Å². The summed E-state index contributed by atoms with van der Waals surface area (Å²) >= 11 is 0. The third kappa shape index (κ3) is 3.82. The second kappa shape index (κ2) is 8.47. The van der Waals surface area contributed by atoms with E-state index >= 15 is 0 Å². The van der Waals surface area contributed by atoms with Gasteiger partial charge in [-0.3, -0.25) is 0 Å². The third-order valence-corrected chi connectivity index (χ3v) is 10.7. The van der Waals surface area contributed by atoms with Crippen molar-refractivity contribution in [3.63, 3.8) is 0 Å². The van der Waals surface area contributed by atoms with E-state index in [1.807, 2.05) is 43.3 Å². The third-order valence-electron chi connectivity index (χ3n) is 5.74. The molecule has 4 nitrogen and oxygen atoms in total.